The number of hydrogen-bond donors (Lipinski definition) is 3. The number of furan rings is 1. The van der Waals surface area contributed by atoms with E-state index in [1.165, 1.54) is 0 Å². The zero-order valence-electron chi connectivity index (χ0n) is 15.2. The molecule has 0 radical (unpaired) electrons. The van der Waals surface area contributed by atoms with E-state index in [-0.39, 0.29) is 11.6 Å². The largest absolute Gasteiger partial charge is 0.508 e. The number of nitrogens with two attached hydrogens (primary N) is 1. The average Bonchev–Trinajstić information content (AvgIpc) is 3.21. The fourth-order valence-corrected chi connectivity index (χ4v) is 3.22. The number of pyridine rings is 1. The Morgan fingerprint density at radius 3 is 2.43 bits per heavy atom. The van der Waals surface area contributed by atoms with E-state index in [0.29, 0.717) is 35.4 Å². The van der Waals surface area contributed by atoms with Crippen molar-refractivity contribution in [2.45, 2.75) is 19.0 Å². The van der Waals surface area contributed by atoms with Crippen LogP contribution in [0.15, 0.2) is 41.0 Å². The molecule has 0 saturated carbocycles. The number of carboxylic acid groups (broad SMARTS) is 1. The molecule has 0 fully saturated rings. The van der Waals surface area contributed by atoms with E-state index in [1.807, 2.05) is 12.1 Å². The molecule has 0 atom stereocenters. The first kappa shape index (κ1) is 20.7. The molecular formula is C20H14F3N3O4. The molecule has 4 N–H and O–H groups in total. The number of hydrogen-bond acceptors (Lipinski definition) is 6. The van der Waals surface area contributed by atoms with Gasteiger partial charge in [0.25, 0.3) is 0 Å². The van der Waals surface area contributed by atoms with E-state index in [2.05, 4.69) is 11.1 Å². The molecule has 154 valence electrons. The molecule has 0 saturated heterocycles. The summed E-state index contributed by atoms with van der Waals surface area (Å²) in [4.78, 5) is 13.3. The van der Waals surface area contributed by atoms with Crippen LogP contribution >= 0.6 is 0 Å². The molecule has 0 unspecified atom stereocenters. The van der Waals surface area contributed by atoms with Gasteiger partial charge >= 0.3 is 12.1 Å². The number of rotatable bonds is 1. The van der Waals surface area contributed by atoms with Gasteiger partial charge < -0.3 is 20.4 Å². The van der Waals surface area contributed by atoms with Gasteiger partial charge in [0.05, 0.1) is 12.0 Å². The molecule has 7 nitrogen and oxygen atoms in total. The van der Waals surface area contributed by atoms with E-state index in [9.17, 15) is 23.5 Å². The Labute approximate surface area is 167 Å². The number of carboxylic acids is 1. The molecule has 0 spiro atoms. The second-order valence-electron chi connectivity index (χ2n) is 6.27. The topological polar surface area (TPSA) is 133 Å². The van der Waals surface area contributed by atoms with E-state index in [4.69, 9.17) is 20.1 Å². The first-order chi connectivity index (χ1) is 14.1. The van der Waals surface area contributed by atoms with Crippen LogP contribution in [0.5, 0.6) is 5.75 Å². The molecule has 0 aliphatic heterocycles. The monoisotopic (exact) mass is 417 g/mol. The number of aliphatic carboxylic acids is 1. The summed E-state index contributed by atoms with van der Waals surface area (Å²) < 4.78 is 37.2. The highest BCUT2D eigenvalue weighted by atomic mass is 19.4. The number of carbonyl (C=O) groups is 1. The molecule has 10 heteroatoms. The molecule has 0 amide bonds. The van der Waals surface area contributed by atoms with E-state index < -0.39 is 12.1 Å². The van der Waals surface area contributed by atoms with Gasteiger partial charge in [-0.2, -0.15) is 18.4 Å². The standard InChI is InChI=1S/C18H13N3O2.C2HF3O2/c19-9-13-16(15-5-2-8-23-15)12-7-6-10-11(3-1-4-14(10)22)17(12)21-18(13)20;3-2(4,5)1(6)7/h1-5,8,22H,6-7H2,(H2,20,21);(H,6,7). The van der Waals surface area contributed by atoms with Crippen molar-refractivity contribution in [1.82, 2.24) is 4.98 Å². The number of fused-ring (bicyclic) bond motifs is 3. The number of halogens is 3. The molecular weight excluding hydrogens is 403 g/mol. The minimum absolute atomic E-state index is 0.175. The maximum absolute atomic E-state index is 10.6. The minimum Gasteiger partial charge on any atom is -0.508 e. The number of nitrogen functional groups attached to an aromatic ring is 1. The van der Waals surface area contributed by atoms with E-state index in [1.54, 1.807) is 24.5 Å². The summed E-state index contributed by atoms with van der Waals surface area (Å²) in [5.41, 5.74) is 10.4. The number of benzene rings is 1. The van der Waals surface area contributed by atoms with Gasteiger partial charge in [0, 0.05) is 16.7 Å². The normalized spacial score (nSPS) is 12.1. The van der Waals surface area contributed by atoms with Gasteiger partial charge in [-0.25, -0.2) is 9.78 Å². The predicted molar refractivity (Wildman–Crippen MR) is 99.3 cm³/mol. The second-order valence-corrected chi connectivity index (χ2v) is 6.27. The van der Waals surface area contributed by atoms with Gasteiger partial charge in [-0.15, -0.1) is 0 Å². The van der Waals surface area contributed by atoms with Crippen LogP contribution in [0.4, 0.5) is 19.0 Å². The summed E-state index contributed by atoms with van der Waals surface area (Å²) in [6, 6.07) is 11.1. The predicted octanol–water partition coefficient (Wildman–Crippen LogP) is 3.90. The Morgan fingerprint density at radius 1 is 1.20 bits per heavy atom. The van der Waals surface area contributed by atoms with Crippen LogP contribution in [-0.4, -0.2) is 27.3 Å². The maximum Gasteiger partial charge on any atom is 0.490 e. The van der Waals surface area contributed by atoms with Crippen molar-refractivity contribution in [3.05, 3.63) is 53.3 Å². The van der Waals surface area contributed by atoms with Gasteiger partial charge in [0.2, 0.25) is 0 Å². The smallest absolute Gasteiger partial charge is 0.490 e. The van der Waals surface area contributed by atoms with Crippen LogP contribution in [0, 0.1) is 11.3 Å². The van der Waals surface area contributed by atoms with Crippen molar-refractivity contribution in [2.24, 2.45) is 0 Å². The third kappa shape index (κ3) is 3.77. The third-order valence-electron chi connectivity index (χ3n) is 4.48. The van der Waals surface area contributed by atoms with Crippen LogP contribution < -0.4 is 5.73 Å². The van der Waals surface area contributed by atoms with Crippen molar-refractivity contribution in [3.8, 4) is 34.4 Å². The Bertz CT molecular complexity index is 1150. The number of anilines is 1. The van der Waals surface area contributed by atoms with Gasteiger partial charge in [0.1, 0.15) is 29.0 Å². The molecule has 1 aromatic carbocycles. The quantitative estimate of drug-likeness (QED) is 0.547. The number of alkyl halides is 3. The molecule has 1 aliphatic carbocycles. The highest BCUT2D eigenvalue weighted by molar-refractivity contribution is 5.85. The third-order valence-corrected chi connectivity index (χ3v) is 4.48. The second kappa shape index (κ2) is 7.79. The van der Waals surface area contributed by atoms with Crippen LogP contribution in [0.25, 0.3) is 22.6 Å². The van der Waals surface area contributed by atoms with Crippen molar-refractivity contribution in [3.63, 3.8) is 0 Å². The summed E-state index contributed by atoms with van der Waals surface area (Å²) in [7, 11) is 0. The average molecular weight is 417 g/mol. The molecule has 4 rings (SSSR count). The number of aromatic nitrogens is 1. The number of phenols is 1. The van der Waals surface area contributed by atoms with Gasteiger partial charge in [-0.3, -0.25) is 0 Å². The number of nitrogens with zero attached hydrogens (tertiary/aromatic N) is 2. The molecule has 2 heterocycles. The summed E-state index contributed by atoms with van der Waals surface area (Å²) >= 11 is 0. The van der Waals surface area contributed by atoms with E-state index >= 15 is 0 Å². The number of aromatic hydroxyl groups is 1. The molecule has 30 heavy (non-hydrogen) atoms. The zero-order chi connectivity index (χ0) is 22.1. The summed E-state index contributed by atoms with van der Waals surface area (Å²) in [6.45, 7) is 0. The van der Waals surface area contributed by atoms with Crippen LogP contribution in [0.1, 0.15) is 16.7 Å². The highest BCUT2D eigenvalue weighted by Crippen LogP contribution is 2.43. The first-order valence-electron chi connectivity index (χ1n) is 8.52. The lowest BCUT2D eigenvalue weighted by Gasteiger charge is -2.23. The molecule has 3 aromatic rings. The lowest BCUT2D eigenvalue weighted by Crippen LogP contribution is -2.21. The summed E-state index contributed by atoms with van der Waals surface area (Å²) in [5, 5.41) is 26.7. The number of nitriles is 1. The zero-order valence-corrected chi connectivity index (χ0v) is 15.2. The highest BCUT2D eigenvalue weighted by Gasteiger charge is 2.38. The van der Waals surface area contributed by atoms with Crippen molar-refractivity contribution >= 4 is 11.8 Å². The van der Waals surface area contributed by atoms with Crippen LogP contribution in [0.3, 0.4) is 0 Å². The Balaban J connectivity index is 0.000000318. The summed E-state index contributed by atoms with van der Waals surface area (Å²) in [5.74, 6) is -1.71. The van der Waals surface area contributed by atoms with Crippen molar-refractivity contribution < 1.29 is 32.6 Å². The van der Waals surface area contributed by atoms with Gasteiger partial charge in [0.15, 0.2) is 0 Å². The molecule has 1 aliphatic rings. The Kier molecular flexibility index (Phi) is 5.38. The number of phenolic OH excluding ortho intramolecular Hbond substituents is 1. The minimum atomic E-state index is -5.08. The first-order valence-corrected chi connectivity index (χ1v) is 8.52. The van der Waals surface area contributed by atoms with Gasteiger partial charge in [-0.1, -0.05) is 12.1 Å². The Morgan fingerprint density at radius 2 is 1.87 bits per heavy atom. The van der Waals surface area contributed by atoms with Gasteiger partial charge in [-0.05, 0) is 36.6 Å². The lowest BCUT2D eigenvalue weighted by atomic mass is 9.84. The fourth-order valence-electron chi connectivity index (χ4n) is 3.22. The lowest BCUT2D eigenvalue weighted by molar-refractivity contribution is -0.192. The molecule has 0 bridgehead atoms. The van der Waals surface area contributed by atoms with Crippen molar-refractivity contribution in [1.29, 1.82) is 5.26 Å². The fraction of sp³-hybridized carbons (Fsp3) is 0.150. The van der Waals surface area contributed by atoms with Crippen molar-refractivity contribution in [2.75, 3.05) is 5.73 Å². The van der Waals surface area contributed by atoms with Crippen LogP contribution in [0.2, 0.25) is 0 Å². The van der Waals surface area contributed by atoms with E-state index in [0.717, 1.165) is 16.7 Å². The summed E-state index contributed by atoms with van der Waals surface area (Å²) in [6.07, 6.45) is -2.17. The molecule has 2 aromatic heterocycles. The maximum atomic E-state index is 10.6. The SMILES string of the molecule is N#Cc1c(N)nc2c(c1-c1ccco1)CCc1c(O)cccc1-2.O=C(O)C(F)(F)F. The van der Waals surface area contributed by atoms with Crippen LogP contribution in [-0.2, 0) is 17.6 Å². The Hall–Kier alpha value is -4.00.